The van der Waals surface area contributed by atoms with Gasteiger partial charge in [0.1, 0.15) is 0 Å². The third-order valence-electron chi connectivity index (χ3n) is 2.57. The van der Waals surface area contributed by atoms with E-state index in [9.17, 15) is 19.8 Å². The number of carbonyl (C=O) groups excluding carboxylic acids is 2. The maximum Gasteiger partial charge on any atom is 1.00 e. The van der Waals surface area contributed by atoms with Crippen molar-refractivity contribution >= 4 is 17.6 Å². The first-order chi connectivity index (χ1) is 8.49. The van der Waals surface area contributed by atoms with Crippen LogP contribution in [0.5, 0.6) is 0 Å². The van der Waals surface area contributed by atoms with Crippen molar-refractivity contribution in [3.05, 3.63) is 29.8 Å². The van der Waals surface area contributed by atoms with Crippen molar-refractivity contribution in [2.45, 2.75) is 19.8 Å². The fraction of sp³-hybridized carbons (Fsp3) is 0.385. The SMILES string of the molecule is Cc1ccc(N(CCC(=O)[O-])CCC(=O)[O-])cc1.[K+].[K+]. The summed E-state index contributed by atoms with van der Waals surface area (Å²) in [6.07, 6.45) is -0.276. The summed E-state index contributed by atoms with van der Waals surface area (Å²) in [4.78, 5) is 22.6. The van der Waals surface area contributed by atoms with Crippen LogP contribution in [0.1, 0.15) is 18.4 Å². The summed E-state index contributed by atoms with van der Waals surface area (Å²) in [7, 11) is 0. The van der Waals surface area contributed by atoms with E-state index in [4.69, 9.17) is 0 Å². The topological polar surface area (TPSA) is 83.5 Å². The number of hydrogen-bond donors (Lipinski definition) is 0. The van der Waals surface area contributed by atoms with E-state index in [2.05, 4.69) is 0 Å². The van der Waals surface area contributed by atoms with E-state index in [0.29, 0.717) is 0 Å². The van der Waals surface area contributed by atoms with Crippen LogP contribution in [-0.2, 0) is 9.59 Å². The quantitative estimate of drug-likeness (QED) is 0.465. The fourth-order valence-corrected chi connectivity index (χ4v) is 1.58. The van der Waals surface area contributed by atoms with Gasteiger partial charge in [-0.2, -0.15) is 0 Å². The van der Waals surface area contributed by atoms with Gasteiger partial charge >= 0.3 is 103 Å². The number of carboxylic acid groups (broad SMARTS) is 2. The summed E-state index contributed by atoms with van der Waals surface area (Å²) in [6.45, 7) is 2.38. The molecule has 0 saturated heterocycles. The van der Waals surface area contributed by atoms with Crippen molar-refractivity contribution in [3.63, 3.8) is 0 Å². The van der Waals surface area contributed by atoms with Gasteiger partial charge in [-0.1, -0.05) is 17.7 Å². The number of nitrogens with zero attached hydrogens (tertiary/aromatic N) is 1. The van der Waals surface area contributed by atoms with Gasteiger partial charge in [0.2, 0.25) is 0 Å². The van der Waals surface area contributed by atoms with E-state index < -0.39 is 11.9 Å². The molecule has 98 valence electrons. The minimum Gasteiger partial charge on any atom is -0.550 e. The largest absolute Gasteiger partial charge is 1.00 e. The maximum absolute atomic E-state index is 10.5. The first kappa shape index (κ1) is 23.5. The Morgan fingerprint density at radius 3 is 1.70 bits per heavy atom. The van der Waals surface area contributed by atoms with Crippen LogP contribution in [0.25, 0.3) is 0 Å². The van der Waals surface area contributed by atoms with Gasteiger partial charge in [-0.05, 0) is 19.1 Å². The zero-order valence-corrected chi connectivity index (χ0v) is 18.5. The Kier molecular flexibility index (Phi) is 15.0. The Morgan fingerprint density at radius 1 is 0.950 bits per heavy atom. The summed E-state index contributed by atoms with van der Waals surface area (Å²) in [5.74, 6) is -2.30. The monoisotopic (exact) mass is 327 g/mol. The molecule has 0 aliphatic rings. The van der Waals surface area contributed by atoms with Crippen LogP contribution in [-0.4, -0.2) is 25.0 Å². The number of benzene rings is 1. The summed E-state index contributed by atoms with van der Waals surface area (Å²) in [6, 6.07) is 7.44. The third-order valence-corrected chi connectivity index (χ3v) is 2.57. The van der Waals surface area contributed by atoms with E-state index in [1.807, 2.05) is 31.2 Å². The predicted octanol–water partition coefficient (Wildman–Crippen LogP) is -6.91. The molecule has 0 atom stereocenters. The van der Waals surface area contributed by atoms with Crippen molar-refractivity contribution in [2.75, 3.05) is 18.0 Å². The van der Waals surface area contributed by atoms with Crippen molar-refractivity contribution in [3.8, 4) is 0 Å². The second-order valence-electron chi connectivity index (χ2n) is 4.07. The van der Waals surface area contributed by atoms with Crippen LogP contribution in [0.3, 0.4) is 0 Å². The molecule has 0 aliphatic carbocycles. The average Bonchev–Trinajstić information content (AvgIpc) is 2.30. The van der Waals surface area contributed by atoms with Crippen molar-refractivity contribution in [1.82, 2.24) is 0 Å². The molecule has 1 aromatic carbocycles. The second-order valence-corrected chi connectivity index (χ2v) is 4.07. The Bertz CT molecular complexity index is 405. The molecule has 5 nitrogen and oxygen atoms in total. The molecule has 0 aliphatic heterocycles. The average molecular weight is 327 g/mol. The van der Waals surface area contributed by atoms with Crippen LogP contribution < -0.4 is 118 Å². The van der Waals surface area contributed by atoms with E-state index >= 15 is 0 Å². The molecule has 0 radical (unpaired) electrons. The number of aryl methyl sites for hydroxylation is 1. The molecule has 1 aromatic rings. The Hall–Kier alpha value is 1.23. The molecule has 20 heavy (non-hydrogen) atoms. The molecule has 0 N–H and O–H groups in total. The van der Waals surface area contributed by atoms with E-state index in [1.54, 1.807) is 4.90 Å². The molecule has 0 spiro atoms. The third kappa shape index (κ3) is 10.0. The number of hydrogen-bond acceptors (Lipinski definition) is 5. The minimum atomic E-state index is -1.15. The standard InChI is InChI=1S/C13H17NO4.2K/c1-10-2-4-11(5-3-10)14(8-6-12(15)16)9-7-13(17)18;;/h2-5H,6-9H2,1H3,(H,15,16)(H,17,18);;/q;2*+1/p-2. The molecule has 0 aromatic heterocycles. The zero-order chi connectivity index (χ0) is 13.5. The summed E-state index contributed by atoms with van der Waals surface area (Å²) in [5.41, 5.74) is 1.88. The second kappa shape index (κ2) is 12.7. The molecule has 0 fully saturated rings. The summed E-state index contributed by atoms with van der Waals surface area (Å²) < 4.78 is 0. The summed E-state index contributed by atoms with van der Waals surface area (Å²) in [5, 5.41) is 20.9. The first-order valence-corrected chi connectivity index (χ1v) is 5.70. The molecule has 0 unspecified atom stereocenters. The Balaban J connectivity index is 0. The van der Waals surface area contributed by atoms with Crippen molar-refractivity contribution < 1.29 is 123 Å². The van der Waals surface area contributed by atoms with Gasteiger partial charge in [0.15, 0.2) is 0 Å². The van der Waals surface area contributed by atoms with Gasteiger partial charge in [0, 0.05) is 43.6 Å². The van der Waals surface area contributed by atoms with Gasteiger partial charge in [-0.3, -0.25) is 0 Å². The normalized spacial score (nSPS) is 9.05. The van der Waals surface area contributed by atoms with E-state index in [-0.39, 0.29) is 129 Å². The molecule has 0 bridgehead atoms. The Morgan fingerprint density at radius 2 is 1.35 bits per heavy atom. The van der Waals surface area contributed by atoms with Crippen LogP contribution >= 0.6 is 0 Å². The first-order valence-electron chi connectivity index (χ1n) is 5.70. The van der Waals surface area contributed by atoms with E-state index in [1.165, 1.54) is 0 Å². The molecule has 0 heterocycles. The number of carboxylic acids is 2. The molecular formula is C13H15K2NO4. The van der Waals surface area contributed by atoms with Gasteiger partial charge in [0.25, 0.3) is 0 Å². The van der Waals surface area contributed by atoms with Gasteiger partial charge in [0.05, 0.1) is 0 Å². The van der Waals surface area contributed by atoms with Gasteiger partial charge in [-0.15, -0.1) is 0 Å². The minimum absolute atomic E-state index is 0. The molecule has 1 rings (SSSR count). The molecule has 0 saturated carbocycles. The fourth-order valence-electron chi connectivity index (χ4n) is 1.58. The predicted molar refractivity (Wildman–Crippen MR) is 62.6 cm³/mol. The smallest absolute Gasteiger partial charge is 0.550 e. The number of rotatable bonds is 7. The molecule has 7 heteroatoms. The van der Waals surface area contributed by atoms with Crippen molar-refractivity contribution in [1.29, 1.82) is 0 Å². The van der Waals surface area contributed by atoms with Crippen LogP contribution in [0, 0.1) is 6.92 Å². The molecular weight excluding hydrogens is 312 g/mol. The Labute approximate surface area is 204 Å². The number of aliphatic carboxylic acids is 2. The number of anilines is 1. The van der Waals surface area contributed by atoms with Gasteiger partial charge < -0.3 is 24.7 Å². The van der Waals surface area contributed by atoms with Crippen LogP contribution in [0.2, 0.25) is 0 Å². The van der Waals surface area contributed by atoms with E-state index in [0.717, 1.165) is 11.3 Å². The van der Waals surface area contributed by atoms with Crippen LogP contribution in [0.15, 0.2) is 24.3 Å². The molecule has 0 amide bonds. The maximum atomic E-state index is 10.5. The number of carbonyl (C=O) groups is 2. The van der Waals surface area contributed by atoms with Crippen LogP contribution in [0.4, 0.5) is 5.69 Å². The summed E-state index contributed by atoms with van der Waals surface area (Å²) >= 11 is 0. The van der Waals surface area contributed by atoms with Crippen molar-refractivity contribution in [2.24, 2.45) is 0 Å². The van der Waals surface area contributed by atoms with Gasteiger partial charge in [-0.25, -0.2) is 0 Å². The zero-order valence-electron chi connectivity index (χ0n) is 12.2.